The maximum Gasteiger partial charge on any atom is 0.135 e. The van der Waals surface area contributed by atoms with Gasteiger partial charge in [-0.05, 0) is 24.3 Å². The Labute approximate surface area is 128 Å². The summed E-state index contributed by atoms with van der Waals surface area (Å²) in [6.07, 6.45) is 2.48. The normalized spacial score (nSPS) is 14.8. The van der Waals surface area contributed by atoms with Crippen LogP contribution in [0, 0.1) is 0 Å². The number of halogens is 1. The van der Waals surface area contributed by atoms with Crippen molar-refractivity contribution in [1.29, 1.82) is 0 Å². The van der Waals surface area contributed by atoms with E-state index < -0.39 is 0 Å². The van der Waals surface area contributed by atoms with Crippen molar-refractivity contribution < 1.29 is 0 Å². The Morgan fingerprint density at radius 3 is 2.80 bits per heavy atom. The number of thiophene rings is 1. The molecule has 3 nitrogen and oxygen atoms in total. The van der Waals surface area contributed by atoms with E-state index in [2.05, 4.69) is 41.2 Å². The van der Waals surface area contributed by atoms with Crippen molar-refractivity contribution in [3.8, 4) is 0 Å². The topological polar surface area (TPSA) is 29.0 Å². The van der Waals surface area contributed by atoms with Gasteiger partial charge in [-0.3, -0.25) is 0 Å². The molecule has 2 heterocycles. The summed E-state index contributed by atoms with van der Waals surface area (Å²) in [5, 5.41) is 2.66. The minimum atomic E-state index is 0.287. The first-order chi connectivity index (χ1) is 9.63. The fourth-order valence-electron chi connectivity index (χ4n) is 2.18. The summed E-state index contributed by atoms with van der Waals surface area (Å²) in [4.78, 5) is 12.8. The lowest BCUT2D eigenvalue weighted by atomic mass is 10.2. The van der Waals surface area contributed by atoms with E-state index in [-0.39, 0.29) is 5.92 Å². The van der Waals surface area contributed by atoms with E-state index in [0.29, 0.717) is 11.2 Å². The fourth-order valence-corrected chi connectivity index (χ4v) is 3.07. The van der Waals surface area contributed by atoms with Gasteiger partial charge in [0.15, 0.2) is 0 Å². The van der Waals surface area contributed by atoms with Crippen LogP contribution in [0.25, 0.3) is 0 Å². The predicted octanol–water partition coefficient (Wildman–Crippen LogP) is 4.48. The quantitative estimate of drug-likeness (QED) is 0.762. The van der Waals surface area contributed by atoms with Gasteiger partial charge in [-0.2, -0.15) is 0 Å². The standard InChI is InChI=1S/C15H18ClN3S/c1-10(2)15-17-13(16)8-14(18-15)19(11-5-6-11)9-12-4-3-7-20-12/h3-4,7-8,10-11H,5-6,9H2,1-2H3. The molecule has 3 rings (SSSR count). The van der Waals surface area contributed by atoms with Crippen LogP contribution in [0.4, 0.5) is 5.82 Å². The highest BCUT2D eigenvalue weighted by Crippen LogP contribution is 2.34. The highest BCUT2D eigenvalue weighted by molar-refractivity contribution is 7.09. The summed E-state index contributed by atoms with van der Waals surface area (Å²) in [6.45, 7) is 5.10. The van der Waals surface area contributed by atoms with E-state index in [1.54, 1.807) is 11.3 Å². The Morgan fingerprint density at radius 1 is 1.40 bits per heavy atom. The van der Waals surface area contributed by atoms with Gasteiger partial charge in [0.1, 0.15) is 16.8 Å². The third-order valence-electron chi connectivity index (χ3n) is 3.40. The van der Waals surface area contributed by atoms with Crippen molar-refractivity contribution >= 4 is 28.8 Å². The van der Waals surface area contributed by atoms with Gasteiger partial charge in [0.2, 0.25) is 0 Å². The molecule has 0 radical (unpaired) electrons. The summed E-state index contributed by atoms with van der Waals surface area (Å²) in [5.41, 5.74) is 0. The van der Waals surface area contributed by atoms with Crippen LogP contribution in [0.15, 0.2) is 23.6 Å². The Bertz CT molecular complexity index is 579. The molecule has 0 bridgehead atoms. The van der Waals surface area contributed by atoms with Crippen molar-refractivity contribution in [2.45, 2.75) is 45.2 Å². The van der Waals surface area contributed by atoms with Gasteiger partial charge >= 0.3 is 0 Å². The van der Waals surface area contributed by atoms with Crippen LogP contribution in [0.2, 0.25) is 5.15 Å². The first kappa shape index (κ1) is 13.8. The van der Waals surface area contributed by atoms with Crippen LogP contribution in [-0.4, -0.2) is 16.0 Å². The molecule has 5 heteroatoms. The van der Waals surface area contributed by atoms with Gasteiger partial charge < -0.3 is 4.90 Å². The highest BCUT2D eigenvalue weighted by Gasteiger charge is 2.31. The van der Waals surface area contributed by atoms with Crippen molar-refractivity contribution in [3.63, 3.8) is 0 Å². The molecule has 106 valence electrons. The molecule has 1 saturated carbocycles. The number of rotatable bonds is 5. The molecule has 0 spiro atoms. The van der Waals surface area contributed by atoms with Crippen LogP contribution in [-0.2, 0) is 6.54 Å². The molecular weight excluding hydrogens is 290 g/mol. The zero-order chi connectivity index (χ0) is 14.1. The Kier molecular flexibility index (Phi) is 3.94. The molecule has 1 aliphatic rings. The molecule has 0 N–H and O–H groups in total. The van der Waals surface area contributed by atoms with Gasteiger partial charge in [-0.1, -0.05) is 31.5 Å². The van der Waals surface area contributed by atoms with Crippen molar-refractivity contribution in [3.05, 3.63) is 39.4 Å². The first-order valence-corrected chi connectivity index (χ1v) is 8.23. The van der Waals surface area contributed by atoms with E-state index in [1.165, 1.54) is 17.7 Å². The molecule has 2 aromatic rings. The highest BCUT2D eigenvalue weighted by atomic mass is 35.5. The molecule has 2 aromatic heterocycles. The Morgan fingerprint density at radius 2 is 2.20 bits per heavy atom. The fraction of sp³-hybridized carbons (Fsp3) is 0.467. The third kappa shape index (κ3) is 3.13. The number of aromatic nitrogens is 2. The Balaban J connectivity index is 1.91. The molecule has 0 atom stereocenters. The monoisotopic (exact) mass is 307 g/mol. The minimum Gasteiger partial charge on any atom is -0.348 e. The average molecular weight is 308 g/mol. The van der Waals surface area contributed by atoms with Gasteiger partial charge in [0, 0.05) is 22.9 Å². The van der Waals surface area contributed by atoms with Crippen molar-refractivity contribution in [2.75, 3.05) is 4.90 Å². The van der Waals surface area contributed by atoms with E-state index >= 15 is 0 Å². The maximum atomic E-state index is 6.17. The van der Waals surface area contributed by atoms with Crippen LogP contribution >= 0.6 is 22.9 Å². The molecule has 0 amide bonds. The van der Waals surface area contributed by atoms with E-state index in [0.717, 1.165) is 18.2 Å². The second kappa shape index (κ2) is 5.70. The lowest BCUT2D eigenvalue weighted by Gasteiger charge is -2.23. The lowest BCUT2D eigenvalue weighted by Crippen LogP contribution is -2.26. The molecule has 1 aliphatic carbocycles. The van der Waals surface area contributed by atoms with Crippen LogP contribution in [0.5, 0.6) is 0 Å². The first-order valence-electron chi connectivity index (χ1n) is 6.97. The maximum absolute atomic E-state index is 6.17. The second-order valence-electron chi connectivity index (χ2n) is 5.50. The summed E-state index contributed by atoms with van der Waals surface area (Å²) in [6, 6.07) is 6.76. The average Bonchev–Trinajstić information content (AvgIpc) is 3.12. The summed E-state index contributed by atoms with van der Waals surface area (Å²) >= 11 is 7.96. The smallest absolute Gasteiger partial charge is 0.135 e. The van der Waals surface area contributed by atoms with E-state index in [4.69, 9.17) is 16.6 Å². The molecular formula is C15H18ClN3S. The summed E-state index contributed by atoms with van der Waals surface area (Å²) in [7, 11) is 0. The summed E-state index contributed by atoms with van der Waals surface area (Å²) < 4.78 is 0. The number of hydrogen-bond acceptors (Lipinski definition) is 4. The van der Waals surface area contributed by atoms with Gasteiger partial charge in [0.05, 0.1) is 6.54 Å². The zero-order valence-electron chi connectivity index (χ0n) is 11.7. The molecule has 0 unspecified atom stereocenters. The zero-order valence-corrected chi connectivity index (χ0v) is 13.3. The van der Waals surface area contributed by atoms with Crippen molar-refractivity contribution in [2.24, 2.45) is 0 Å². The van der Waals surface area contributed by atoms with Crippen molar-refractivity contribution in [1.82, 2.24) is 9.97 Å². The van der Waals surface area contributed by atoms with Gasteiger partial charge in [-0.25, -0.2) is 9.97 Å². The van der Waals surface area contributed by atoms with Gasteiger partial charge in [0.25, 0.3) is 0 Å². The number of hydrogen-bond donors (Lipinski definition) is 0. The molecule has 0 aliphatic heterocycles. The number of anilines is 1. The predicted molar refractivity (Wildman–Crippen MR) is 84.7 cm³/mol. The molecule has 0 saturated heterocycles. The van der Waals surface area contributed by atoms with Crippen LogP contribution in [0.3, 0.4) is 0 Å². The minimum absolute atomic E-state index is 0.287. The second-order valence-corrected chi connectivity index (χ2v) is 6.92. The van der Waals surface area contributed by atoms with E-state index in [9.17, 15) is 0 Å². The van der Waals surface area contributed by atoms with Crippen LogP contribution in [0.1, 0.15) is 43.3 Å². The largest absolute Gasteiger partial charge is 0.348 e. The SMILES string of the molecule is CC(C)c1nc(Cl)cc(N(Cc2cccs2)C2CC2)n1. The van der Waals surface area contributed by atoms with Gasteiger partial charge in [-0.15, -0.1) is 11.3 Å². The molecule has 20 heavy (non-hydrogen) atoms. The molecule has 1 fully saturated rings. The third-order valence-corrected chi connectivity index (χ3v) is 4.46. The van der Waals surface area contributed by atoms with E-state index in [1.807, 2.05) is 6.07 Å². The summed E-state index contributed by atoms with van der Waals surface area (Å²) in [5.74, 6) is 2.07. The molecule has 0 aromatic carbocycles. The number of nitrogens with zero attached hydrogens (tertiary/aromatic N) is 3. The lowest BCUT2D eigenvalue weighted by molar-refractivity contribution is 0.738. The van der Waals surface area contributed by atoms with Crippen LogP contribution < -0.4 is 4.90 Å². The Hall–Kier alpha value is -1.13.